The van der Waals surface area contributed by atoms with E-state index < -0.39 is 0 Å². The smallest absolute Gasteiger partial charge is 0.153 e. The van der Waals surface area contributed by atoms with Crippen molar-refractivity contribution in [3.63, 3.8) is 0 Å². The van der Waals surface area contributed by atoms with Gasteiger partial charge >= 0.3 is 0 Å². The number of methoxy groups -OCH3 is 1. The predicted molar refractivity (Wildman–Crippen MR) is 345 cm³/mol. The van der Waals surface area contributed by atoms with Crippen LogP contribution >= 0.6 is 0 Å². The van der Waals surface area contributed by atoms with Gasteiger partial charge in [0.25, 0.3) is 0 Å². The van der Waals surface area contributed by atoms with Crippen LogP contribution in [0.25, 0.3) is 72.9 Å². The van der Waals surface area contributed by atoms with Crippen LogP contribution in [0, 0.1) is 0 Å². The van der Waals surface area contributed by atoms with E-state index in [0.29, 0.717) is 56.7 Å². The molecule has 0 unspecified atom stereocenters. The Morgan fingerprint density at radius 2 is 0.451 bits per heavy atom. The summed E-state index contributed by atoms with van der Waals surface area (Å²) < 4.78 is 42.7. The molecule has 0 atom stereocenters. The fraction of sp³-hybridized carbons (Fsp3) is 0.257. The molecule has 0 aromatic heterocycles. The standard InChI is InChI=1S/C74H80O8/c1-8-42-77-69-49-63(70(78-43-9-2)48-62(69)35-28-56-17-14-55(15-18-56)16-27-61-33-40-68(76-7)41-34-61)36-29-57-19-21-58(22-20-57)30-37-64-50-72(80-45-11-4)65(51-71(64)79-44-10-3)38-31-59-23-25-60(26-24-59)32-39-66-52-74(82-47-13-6)67(54-75)53-73(66)81-46-12-5/h14-41,48-54H,8-13,42-47H2,1-7H3/b27-16+,35-28+,36-29+,37-30+,38-31+,39-32+. The van der Waals surface area contributed by atoms with Gasteiger partial charge in [0.2, 0.25) is 0 Å². The van der Waals surface area contributed by atoms with Crippen LogP contribution in [0.2, 0.25) is 0 Å². The Kier molecular flexibility index (Phi) is 24.6. The maximum Gasteiger partial charge on any atom is 0.153 e. The van der Waals surface area contributed by atoms with Crippen molar-refractivity contribution in [1.82, 2.24) is 0 Å². The van der Waals surface area contributed by atoms with Crippen LogP contribution in [0.3, 0.4) is 0 Å². The van der Waals surface area contributed by atoms with E-state index in [2.05, 4.69) is 192 Å². The second-order valence-corrected chi connectivity index (χ2v) is 19.8. The lowest BCUT2D eigenvalue weighted by molar-refractivity contribution is 0.111. The minimum atomic E-state index is 0.483. The molecule has 0 amide bonds. The van der Waals surface area contributed by atoms with Gasteiger partial charge in [0.1, 0.15) is 40.2 Å². The SMILES string of the molecule is CCCOc1cc(/C=C/c2ccc(/C=C/c3cc(OCCC)c(/C=C/c4ccc(/C=C/c5cc(OCCC)c(/C=C/c6ccc(/C=C/c7ccc(OC)cc7)cc6)cc5OCCC)cc4)cc3OCCC)cc2)c(OCCC)cc1C=O. The van der Waals surface area contributed by atoms with E-state index in [-0.39, 0.29) is 0 Å². The summed E-state index contributed by atoms with van der Waals surface area (Å²) in [5.41, 5.74) is 12.6. The Labute approximate surface area is 487 Å². The minimum Gasteiger partial charge on any atom is -0.497 e. The molecule has 0 spiro atoms. The first-order chi connectivity index (χ1) is 40.3. The number of rotatable bonds is 32. The highest BCUT2D eigenvalue weighted by Crippen LogP contribution is 2.35. The Hall–Kier alpha value is -8.75. The summed E-state index contributed by atoms with van der Waals surface area (Å²) in [4.78, 5) is 11.9. The lowest BCUT2D eigenvalue weighted by Crippen LogP contribution is -2.02. The summed E-state index contributed by atoms with van der Waals surface area (Å²) in [5.74, 6) is 5.27. The lowest BCUT2D eigenvalue weighted by atomic mass is 10.0. The normalized spacial score (nSPS) is 11.7. The quantitative estimate of drug-likeness (QED) is 0.0305. The maximum atomic E-state index is 11.9. The zero-order valence-electron chi connectivity index (χ0n) is 49.0. The third-order valence-corrected chi connectivity index (χ3v) is 13.0. The molecule has 7 aromatic rings. The van der Waals surface area contributed by atoms with Crippen molar-refractivity contribution in [3.8, 4) is 40.2 Å². The van der Waals surface area contributed by atoms with Gasteiger partial charge in [-0.3, -0.25) is 4.79 Å². The summed E-state index contributed by atoms with van der Waals surface area (Å²) in [7, 11) is 1.68. The van der Waals surface area contributed by atoms with Gasteiger partial charge in [-0.1, -0.05) is 199 Å². The Morgan fingerprint density at radius 1 is 0.268 bits per heavy atom. The summed E-state index contributed by atoms with van der Waals surface area (Å²) >= 11 is 0. The number of benzene rings is 7. The number of carbonyl (C=O) groups excluding carboxylic acids is 1. The van der Waals surface area contributed by atoms with Crippen molar-refractivity contribution in [3.05, 3.63) is 206 Å². The second-order valence-electron chi connectivity index (χ2n) is 19.8. The van der Waals surface area contributed by atoms with Gasteiger partial charge in [-0.25, -0.2) is 0 Å². The van der Waals surface area contributed by atoms with Gasteiger partial charge in [0.05, 0.1) is 52.3 Å². The number of ether oxygens (including phenoxy) is 7. The Bertz CT molecular complexity index is 3280. The average molecular weight is 1100 g/mol. The average Bonchev–Trinajstić information content (AvgIpc) is 3.56. The third-order valence-electron chi connectivity index (χ3n) is 13.0. The number of carbonyl (C=O) groups is 1. The van der Waals surface area contributed by atoms with Crippen molar-refractivity contribution in [2.45, 2.75) is 80.1 Å². The van der Waals surface area contributed by atoms with E-state index in [0.717, 1.165) is 140 Å². The number of hydrogen-bond acceptors (Lipinski definition) is 8. The highest BCUT2D eigenvalue weighted by molar-refractivity contribution is 5.85. The largest absolute Gasteiger partial charge is 0.497 e. The molecule has 7 rings (SSSR count). The number of hydrogen-bond donors (Lipinski definition) is 0. The van der Waals surface area contributed by atoms with E-state index in [1.54, 1.807) is 13.2 Å². The zero-order chi connectivity index (χ0) is 57.7. The molecule has 8 nitrogen and oxygen atoms in total. The predicted octanol–water partition coefficient (Wildman–Crippen LogP) is 19.3. The zero-order valence-corrected chi connectivity index (χ0v) is 49.0. The van der Waals surface area contributed by atoms with Crippen molar-refractivity contribution >= 4 is 79.2 Å². The van der Waals surface area contributed by atoms with Gasteiger partial charge in [-0.05, 0) is 126 Å². The van der Waals surface area contributed by atoms with Gasteiger partial charge < -0.3 is 33.2 Å². The maximum absolute atomic E-state index is 11.9. The topological polar surface area (TPSA) is 81.7 Å². The molecule has 0 aliphatic rings. The lowest BCUT2D eigenvalue weighted by Gasteiger charge is -2.15. The van der Waals surface area contributed by atoms with Gasteiger partial charge in [0, 0.05) is 27.8 Å². The molecular formula is C74H80O8. The van der Waals surface area contributed by atoms with Crippen LogP contribution in [-0.2, 0) is 0 Å². The van der Waals surface area contributed by atoms with Crippen LogP contribution < -0.4 is 33.2 Å². The second kappa shape index (κ2) is 33.1. The summed E-state index contributed by atoms with van der Waals surface area (Å²) in [5, 5.41) is 0. The monoisotopic (exact) mass is 1100 g/mol. The minimum absolute atomic E-state index is 0.483. The van der Waals surface area contributed by atoms with Crippen LogP contribution in [0.15, 0.2) is 133 Å². The summed E-state index contributed by atoms with van der Waals surface area (Å²) in [6.07, 6.45) is 31.2. The van der Waals surface area contributed by atoms with Crippen LogP contribution in [0.5, 0.6) is 40.2 Å². The first-order valence-electron chi connectivity index (χ1n) is 29.0. The van der Waals surface area contributed by atoms with E-state index >= 15 is 0 Å². The third kappa shape index (κ3) is 18.7. The van der Waals surface area contributed by atoms with E-state index in [9.17, 15) is 4.79 Å². The molecule has 0 fully saturated rings. The molecule has 0 saturated carbocycles. The molecule has 0 N–H and O–H groups in total. The van der Waals surface area contributed by atoms with Crippen molar-refractivity contribution in [1.29, 1.82) is 0 Å². The molecule has 7 aromatic carbocycles. The fourth-order valence-corrected chi connectivity index (χ4v) is 8.53. The highest BCUT2D eigenvalue weighted by Gasteiger charge is 2.14. The van der Waals surface area contributed by atoms with E-state index in [1.165, 1.54) is 0 Å². The van der Waals surface area contributed by atoms with Crippen molar-refractivity contribution < 1.29 is 38.0 Å². The molecule has 82 heavy (non-hydrogen) atoms. The van der Waals surface area contributed by atoms with E-state index in [4.69, 9.17) is 33.2 Å². The fourth-order valence-electron chi connectivity index (χ4n) is 8.53. The van der Waals surface area contributed by atoms with Crippen LogP contribution in [0.1, 0.15) is 157 Å². The van der Waals surface area contributed by atoms with Gasteiger partial charge in [-0.15, -0.1) is 0 Å². The van der Waals surface area contributed by atoms with Crippen molar-refractivity contribution in [2.75, 3.05) is 46.8 Å². The summed E-state index contributed by atoms with van der Waals surface area (Å²) in [6.45, 7) is 16.0. The Balaban J connectivity index is 1.06. The molecular weight excluding hydrogens is 1020 g/mol. The highest BCUT2D eigenvalue weighted by atomic mass is 16.5. The van der Waals surface area contributed by atoms with Crippen LogP contribution in [0.4, 0.5) is 0 Å². The molecule has 8 heteroatoms. The van der Waals surface area contributed by atoms with Gasteiger partial charge in [0.15, 0.2) is 6.29 Å². The molecule has 424 valence electrons. The first kappa shape index (κ1) is 60.9. The molecule has 0 heterocycles. The Morgan fingerprint density at radius 3 is 0.646 bits per heavy atom. The van der Waals surface area contributed by atoms with Crippen molar-refractivity contribution in [2.24, 2.45) is 0 Å². The van der Waals surface area contributed by atoms with Gasteiger partial charge in [-0.2, -0.15) is 0 Å². The number of aldehydes is 1. The molecule has 0 radical (unpaired) electrons. The molecule has 0 aliphatic heterocycles. The molecule has 0 bridgehead atoms. The summed E-state index contributed by atoms with van der Waals surface area (Å²) in [6, 6.07) is 45.4. The molecule has 0 aliphatic carbocycles. The first-order valence-corrected chi connectivity index (χ1v) is 29.0. The van der Waals surface area contributed by atoms with Crippen LogP contribution in [-0.4, -0.2) is 53.0 Å². The van der Waals surface area contributed by atoms with E-state index in [1.807, 2.05) is 49.4 Å². The molecule has 0 saturated heterocycles.